The van der Waals surface area contributed by atoms with Crippen molar-refractivity contribution in [3.63, 3.8) is 0 Å². The molecule has 0 amide bonds. The highest BCUT2D eigenvalue weighted by molar-refractivity contribution is 5.32. The molecule has 0 heterocycles. The summed E-state index contributed by atoms with van der Waals surface area (Å²) in [6, 6.07) is 4.50. The highest BCUT2D eigenvalue weighted by Gasteiger charge is 2.25. The van der Waals surface area contributed by atoms with Gasteiger partial charge in [-0.1, -0.05) is 12.5 Å². The van der Waals surface area contributed by atoms with Gasteiger partial charge in [0.1, 0.15) is 17.7 Å². The van der Waals surface area contributed by atoms with Gasteiger partial charge in [-0.05, 0) is 37.8 Å². The van der Waals surface area contributed by atoms with Crippen molar-refractivity contribution in [3.05, 3.63) is 29.6 Å². The summed E-state index contributed by atoms with van der Waals surface area (Å²) in [6.07, 6.45) is 3.13. The first kappa shape index (κ1) is 11.4. The van der Waals surface area contributed by atoms with Gasteiger partial charge in [-0.15, -0.1) is 0 Å². The van der Waals surface area contributed by atoms with E-state index in [0.29, 0.717) is 5.75 Å². The predicted molar refractivity (Wildman–Crippen MR) is 60.0 cm³/mol. The van der Waals surface area contributed by atoms with E-state index in [4.69, 9.17) is 4.74 Å². The molecule has 1 saturated carbocycles. The Morgan fingerprint density at radius 3 is 2.81 bits per heavy atom. The van der Waals surface area contributed by atoms with E-state index >= 15 is 0 Å². The Bertz CT molecular complexity index is 365. The Hall–Kier alpha value is -1.09. The summed E-state index contributed by atoms with van der Waals surface area (Å²) >= 11 is 0. The molecule has 1 aliphatic rings. The summed E-state index contributed by atoms with van der Waals surface area (Å²) in [5.74, 6) is 0.247. The molecule has 1 aromatic rings. The third-order valence-electron chi connectivity index (χ3n) is 3.10. The Kier molecular flexibility index (Phi) is 3.44. The van der Waals surface area contributed by atoms with Crippen molar-refractivity contribution in [2.75, 3.05) is 0 Å². The molecular formula is C13H17FO2. The molecule has 2 rings (SSSR count). The van der Waals surface area contributed by atoms with Crippen LogP contribution in [0.1, 0.15) is 31.2 Å². The second-order valence-electron chi connectivity index (χ2n) is 4.42. The molecule has 0 spiro atoms. The lowest BCUT2D eigenvalue weighted by molar-refractivity contribution is 0.00639. The molecule has 2 nitrogen and oxygen atoms in total. The van der Waals surface area contributed by atoms with Gasteiger partial charge in [-0.3, -0.25) is 0 Å². The highest BCUT2D eigenvalue weighted by atomic mass is 19.1. The molecule has 88 valence electrons. The van der Waals surface area contributed by atoms with Crippen molar-refractivity contribution < 1.29 is 14.2 Å². The van der Waals surface area contributed by atoms with Gasteiger partial charge in [0.05, 0.1) is 6.10 Å². The minimum atomic E-state index is -0.420. The van der Waals surface area contributed by atoms with Crippen LogP contribution >= 0.6 is 0 Å². The van der Waals surface area contributed by atoms with Gasteiger partial charge in [0.25, 0.3) is 0 Å². The number of aryl methyl sites for hydroxylation is 1. The first-order valence-corrected chi connectivity index (χ1v) is 5.77. The number of aliphatic hydroxyl groups excluding tert-OH is 1. The first-order chi connectivity index (χ1) is 7.66. The number of ether oxygens (including phenoxy) is 1. The van der Waals surface area contributed by atoms with E-state index in [1.54, 1.807) is 6.07 Å². The molecule has 2 atom stereocenters. The van der Waals surface area contributed by atoms with Crippen LogP contribution in [-0.2, 0) is 0 Å². The van der Waals surface area contributed by atoms with Gasteiger partial charge < -0.3 is 9.84 Å². The third-order valence-corrected chi connectivity index (χ3v) is 3.10. The Morgan fingerprint density at radius 2 is 2.06 bits per heavy atom. The van der Waals surface area contributed by atoms with E-state index in [9.17, 15) is 9.50 Å². The third kappa shape index (κ3) is 2.53. The molecule has 1 fully saturated rings. The molecule has 0 bridgehead atoms. The van der Waals surface area contributed by atoms with Gasteiger partial charge in [-0.25, -0.2) is 4.39 Å². The summed E-state index contributed by atoms with van der Waals surface area (Å²) in [5.41, 5.74) is 0.902. The van der Waals surface area contributed by atoms with Crippen molar-refractivity contribution in [1.29, 1.82) is 0 Å². The summed E-state index contributed by atoms with van der Waals surface area (Å²) in [7, 11) is 0. The fourth-order valence-corrected chi connectivity index (χ4v) is 2.08. The SMILES string of the molecule is Cc1ccc(F)cc1O[C@@H]1CCCC[C@@H]1O. The Balaban J connectivity index is 2.10. The smallest absolute Gasteiger partial charge is 0.126 e. The highest BCUT2D eigenvalue weighted by Crippen LogP contribution is 2.26. The molecule has 16 heavy (non-hydrogen) atoms. The zero-order valence-corrected chi connectivity index (χ0v) is 9.45. The quantitative estimate of drug-likeness (QED) is 0.837. The predicted octanol–water partition coefficient (Wildman–Crippen LogP) is 2.82. The second kappa shape index (κ2) is 4.83. The van der Waals surface area contributed by atoms with Crippen LogP contribution < -0.4 is 4.74 Å². The van der Waals surface area contributed by atoms with E-state index in [0.717, 1.165) is 31.2 Å². The number of benzene rings is 1. The van der Waals surface area contributed by atoms with Gasteiger partial charge in [0.2, 0.25) is 0 Å². The minimum Gasteiger partial charge on any atom is -0.487 e. The van der Waals surface area contributed by atoms with Gasteiger partial charge in [0.15, 0.2) is 0 Å². The maximum atomic E-state index is 13.1. The minimum absolute atomic E-state index is 0.186. The molecule has 0 aliphatic heterocycles. The topological polar surface area (TPSA) is 29.5 Å². The van der Waals surface area contributed by atoms with Crippen molar-refractivity contribution >= 4 is 0 Å². The molecule has 1 N–H and O–H groups in total. The number of halogens is 1. The van der Waals surface area contributed by atoms with E-state index < -0.39 is 6.10 Å². The van der Waals surface area contributed by atoms with Gasteiger partial charge in [-0.2, -0.15) is 0 Å². The number of hydrogen-bond donors (Lipinski definition) is 1. The van der Waals surface area contributed by atoms with Crippen LogP contribution in [0, 0.1) is 12.7 Å². The van der Waals surface area contributed by atoms with Crippen molar-refractivity contribution in [1.82, 2.24) is 0 Å². The van der Waals surface area contributed by atoms with Gasteiger partial charge in [0, 0.05) is 6.07 Å². The van der Waals surface area contributed by atoms with Crippen LogP contribution in [0.2, 0.25) is 0 Å². The van der Waals surface area contributed by atoms with E-state index in [2.05, 4.69) is 0 Å². The molecule has 1 aromatic carbocycles. The fourth-order valence-electron chi connectivity index (χ4n) is 2.08. The fraction of sp³-hybridized carbons (Fsp3) is 0.538. The average Bonchev–Trinajstić information content (AvgIpc) is 2.27. The number of hydrogen-bond acceptors (Lipinski definition) is 2. The van der Waals surface area contributed by atoms with E-state index in [-0.39, 0.29) is 11.9 Å². The van der Waals surface area contributed by atoms with E-state index in [1.807, 2.05) is 6.92 Å². The van der Waals surface area contributed by atoms with Crippen molar-refractivity contribution in [2.45, 2.75) is 44.8 Å². The first-order valence-electron chi connectivity index (χ1n) is 5.77. The standard InChI is InChI=1S/C13H17FO2/c1-9-6-7-10(14)8-13(9)16-12-5-3-2-4-11(12)15/h6-8,11-12,15H,2-5H2,1H3/t11-,12+/m0/s1. The average molecular weight is 224 g/mol. The Morgan fingerprint density at radius 1 is 1.31 bits per heavy atom. The summed E-state index contributed by atoms with van der Waals surface area (Å²) in [4.78, 5) is 0. The lowest BCUT2D eigenvalue weighted by Crippen LogP contribution is -2.34. The zero-order chi connectivity index (χ0) is 11.5. The maximum absolute atomic E-state index is 13.1. The molecule has 3 heteroatoms. The molecular weight excluding hydrogens is 207 g/mol. The van der Waals surface area contributed by atoms with Crippen LogP contribution in [0.5, 0.6) is 5.75 Å². The zero-order valence-electron chi connectivity index (χ0n) is 9.45. The second-order valence-corrected chi connectivity index (χ2v) is 4.42. The molecule has 1 aliphatic carbocycles. The molecule has 0 radical (unpaired) electrons. The molecule has 0 aromatic heterocycles. The normalized spacial score (nSPS) is 25.4. The van der Waals surface area contributed by atoms with Gasteiger partial charge >= 0.3 is 0 Å². The number of rotatable bonds is 2. The number of aliphatic hydroxyl groups is 1. The van der Waals surface area contributed by atoms with Crippen LogP contribution in [0.3, 0.4) is 0 Å². The van der Waals surface area contributed by atoms with Crippen LogP contribution in [0.15, 0.2) is 18.2 Å². The maximum Gasteiger partial charge on any atom is 0.126 e. The van der Waals surface area contributed by atoms with Crippen LogP contribution in [-0.4, -0.2) is 17.3 Å². The van der Waals surface area contributed by atoms with Crippen molar-refractivity contribution in [2.24, 2.45) is 0 Å². The molecule has 0 saturated heterocycles. The largest absolute Gasteiger partial charge is 0.487 e. The van der Waals surface area contributed by atoms with Crippen LogP contribution in [0.25, 0.3) is 0 Å². The van der Waals surface area contributed by atoms with Crippen molar-refractivity contribution in [3.8, 4) is 5.75 Å². The summed E-state index contributed by atoms with van der Waals surface area (Å²) < 4.78 is 18.7. The summed E-state index contributed by atoms with van der Waals surface area (Å²) in [6.45, 7) is 1.88. The van der Waals surface area contributed by atoms with E-state index in [1.165, 1.54) is 12.1 Å². The van der Waals surface area contributed by atoms with Crippen LogP contribution in [0.4, 0.5) is 4.39 Å². The Labute approximate surface area is 95.1 Å². The monoisotopic (exact) mass is 224 g/mol. The lowest BCUT2D eigenvalue weighted by Gasteiger charge is -2.28. The lowest BCUT2D eigenvalue weighted by atomic mass is 9.95. The summed E-state index contributed by atoms with van der Waals surface area (Å²) in [5, 5.41) is 9.77. The molecule has 0 unspecified atom stereocenters.